The number of carbonyl (C=O) groups excluding carboxylic acids is 1. The van der Waals surface area contributed by atoms with E-state index >= 15 is 0 Å². The van der Waals surface area contributed by atoms with E-state index in [1.165, 1.54) is 25.4 Å². The van der Waals surface area contributed by atoms with Gasteiger partial charge in [0.25, 0.3) is 11.5 Å². The molecule has 0 saturated carbocycles. The van der Waals surface area contributed by atoms with Crippen LogP contribution >= 0.6 is 0 Å². The Kier molecular flexibility index (Phi) is 7.00. The van der Waals surface area contributed by atoms with Crippen LogP contribution in [0, 0.1) is 0 Å². The second-order valence-corrected chi connectivity index (χ2v) is 7.69. The predicted molar refractivity (Wildman–Crippen MR) is 126 cm³/mol. The molecule has 0 unspecified atom stereocenters. The largest absolute Gasteiger partial charge is 0.453 e. The summed E-state index contributed by atoms with van der Waals surface area (Å²) in [7, 11) is 1.43. The second-order valence-electron chi connectivity index (χ2n) is 7.69. The Morgan fingerprint density at radius 2 is 1.83 bits per heavy atom. The summed E-state index contributed by atoms with van der Waals surface area (Å²) in [5.74, 6) is -0.460. The molecule has 2 aromatic carbocycles. The number of halogens is 3. The van der Waals surface area contributed by atoms with E-state index in [0.29, 0.717) is 17.8 Å². The van der Waals surface area contributed by atoms with Gasteiger partial charge in [-0.2, -0.15) is 18.3 Å². The lowest BCUT2D eigenvalue weighted by molar-refractivity contribution is -0.137. The zero-order valence-corrected chi connectivity index (χ0v) is 18.9. The van der Waals surface area contributed by atoms with Gasteiger partial charge in [0.15, 0.2) is 11.4 Å². The van der Waals surface area contributed by atoms with E-state index in [2.05, 4.69) is 20.7 Å². The molecule has 1 amide bonds. The van der Waals surface area contributed by atoms with Crippen molar-refractivity contribution in [3.63, 3.8) is 0 Å². The Hall–Kier alpha value is -4.67. The number of hydrogen-bond donors (Lipinski definition) is 2. The molecule has 36 heavy (non-hydrogen) atoms. The predicted octanol–water partition coefficient (Wildman–Crippen LogP) is 4.66. The molecule has 184 valence electrons. The zero-order chi connectivity index (χ0) is 25.7. The van der Waals surface area contributed by atoms with Gasteiger partial charge >= 0.3 is 6.18 Å². The van der Waals surface area contributed by atoms with Crippen LogP contribution in [0.3, 0.4) is 0 Å². The summed E-state index contributed by atoms with van der Waals surface area (Å²) in [5, 5.41) is 9.59. The number of hydrogen-bond acceptors (Lipinski definition) is 6. The third-order valence-corrected chi connectivity index (χ3v) is 5.08. The minimum atomic E-state index is -4.54. The molecule has 0 atom stereocenters. The van der Waals surface area contributed by atoms with Gasteiger partial charge in [0.05, 0.1) is 11.8 Å². The van der Waals surface area contributed by atoms with Gasteiger partial charge in [-0.25, -0.2) is 4.68 Å². The number of nitrogens with zero attached hydrogens (tertiary/aromatic N) is 3. The highest BCUT2D eigenvalue weighted by Gasteiger charge is 2.30. The van der Waals surface area contributed by atoms with Crippen molar-refractivity contribution < 1.29 is 22.7 Å². The number of anilines is 2. The summed E-state index contributed by atoms with van der Waals surface area (Å²) in [6.45, 7) is 0.315. The molecule has 0 aliphatic carbocycles. The number of ether oxygens (including phenoxy) is 1. The highest BCUT2D eigenvalue weighted by Crippen LogP contribution is 2.34. The summed E-state index contributed by atoms with van der Waals surface area (Å²) < 4.78 is 45.8. The summed E-state index contributed by atoms with van der Waals surface area (Å²) in [4.78, 5) is 29.1. The molecule has 0 saturated heterocycles. The number of amides is 1. The van der Waals surface area contributed by atoms with E-state index in [1.807, 2.05) is 6.07 Å². The lowest BCUT2D eigenvalue weighted by Crippen LogP contribution is -2.23. The lowest BCUT2D eigenvalue weighted by Gasteiger charge is -2.14. The van der Waals surface area contributed by atoms with Gasteiger partial charge in [0, 0.05) is 37.2 Å². The molecular formula is C25H20F3N5O3. The van der Waals surface area contributed by atoms with Crippen molar-refractivity contribution in [3.05, 3.63) is 106 Å². The van der Waals surface area contributed by atoms with Gasteiger partial charge in [-0.3, -0.25) is 14.6 Å². The Balaban J connectivity index is 1.51. The molecule has 0 spiro atoms. The van der Waals surface area contributed by atoms with Crippen LogP contribution in [0.2, 0.25) is 0 Å². The monoisotopic (exact) mass is 495 g/mol. The van der Waals surface area contributed by atoms with E-state index in [4.69, 9.17) is 4.74 Å². The van der Waals surface area contributed by atoms with Crippen molar-refractivity contribution in [2.24, 2.45) is 7.05 Å². The number of aryl methyl sites for hydroxylation is 1. The third-order valence-electron chi connectivity index (χ3n) is 5.08. The molecule has 0 aliphatic heterocycles. The molecule has 2 N–H and O–H groups in total. The Labute approximate surface area is 203 Å². The van der Waals surface area contributed by atoms with Crippen molar-refractivity contribution in [1.82, 2.24) is 20.1 Å². The van der Waals surface area contributed by atoms with Crippen molar-refractivity contribution in [2.75, 3.05) is 5.32 Å². The number of aromatic nitrogens is 3. The normalized spacial score (nSPS) is 11.1. The minimum absolute atomic E-state index is 0.0290. The third kappa shape index (κ3) is 5.87. The number of alkyl halides is 3. The first-order chi connectivity index (χ1) is 17.2. The molecule has 2 heterocycles. The van der Waals surface area contributed by atoms with Gasteiger partial charge in [0.1, 0.15) is 5.75 Å². The standard InChI is InChI=1S/C25H20F3N5O3/c1-33-24(35)22(21(15-31-33)36-20-6-2-5-18(12-20)25(26,27)28)32-19-9-7-17(8-10-19)23(34)30-14-16-4-3-11-29-13-16/h2-13,15,32H,14H2,1H3,(H,30,34). The minimum Gasteiger partial charge on any atom is -0.453 e. The first-order valence-electron chi connectivity index (χ1n) is 10.7. The average molecular weight is 495 g/mol. The zero-order valence-electron chi connectivity index (χ0n) is 18.9. The summed E-state index contributed by atoms with van der Waals surface area (Å²) in [6.07, 6.45) is -0.0212. The first-order valence-corrected chi connectivity index (χ1v) is 10.7. The van der Waals surface area contributed by atoms with Crippen molar-refractivity contribution >= 4 is 17.3 Å². The molecule has 0 bridgehead atoms. The van der Waals surface area contributed by atoms with Crippen LogP contribution in [0.25, 0.3) is 0 Å². The number of rotatable bonds is 7. The highest BCUT2D eigenvalue weighted by atomic mass is 19.4. The highest BCUT2D eigenvalue weighted by molar-refractivity contribution is 5.94. The molecule has 4 rings (SSSR count). The van der Waals surface area contributed by atoms with Gasteiger partial charge in [-0.1, -0.05) is 12.1 Å². The summed E-state index contributed by atoms with van der Waals surface area (Å²) in [6, 6.07) is 14.2. The molecule has 0 aliphatic rings. The number of carbonyl (C=O) groups is 1. The Bertz CT molecular complexity index is 1420. The number of benzene rings is 2. The topological polar surface area (TPSA) is 98.1 Å². The van der Waals surface area contributed by atoms with Crippen LogP contribution in [0.15, 0.2) is 84.0 Å². The molecular weight excluding hydrogens is 475 g/mol. The SMILES string of the molecule is Cn1ncc(Oc2cccc(C(F)(F)F)c2)c(Nc2ccc(C(=O)NCc3cccnc3)cc2)c1=O. The fourth-order valence-corrected chi connectivity index (χ4v) is 3.21. The van der Waals surface area contributed by atoms with E-state index in [9.17, 15) is 22.8 Å². The molecule has 0 fully saturated rings. The van der Waals surface area contributed by atoms with Crippen LogP contribution in [-0.2, 0) is 19.8 Å². The van der Waals surface area contributed by atoms with Crippen LogP contribution in [0.4, 0.5) is 24.5 Å². The Morgan fingerprint density at radius 3 is 2.53 bits per heavy atom. The quantitative estimate of drug-likeness (QED) is 0.387. The summed E-state index contributed by atoms with van der Waals surface area (Å²) >= 11 is 0. The lowest BCUT2D eigenvalue weighted by atomic mass is 10.2. The molecule has 4 aromatic rings. The van der Waals surface area contributed by atoms with Gasteiger partial charge < -0.3 is 15.4 Å². The fraction of sp³-hybridized carbons (Fsp3) is 0.120. The van der Waals surface area contributed by atoms with Gasteiger partial charge in [-0.05, 0) is 54.1 Å². The van der Waals surface area contributed by atoms with Crippen molar-refractivity contribution in [1.29, 1.82) is 0 Å². The van der Waals surface area contributed by atoms with Crippen LogP contribution in [0.1, 0.15) is 21.5 Å². The first kappa shape index (κ1) is 24.5. The van der Waals surface area contributed by atoms with Crippen molar-refractivity contribution in [2.45, 2.75) is 12.7 Å². The van der Waals surface area contributed by atoms with Gasteiger partial charge in [0.2, 0.25) is 0 Å². The maximum Gasteiger partial charge on any atom is 0.416 e. The van der Waals surface area contributed by atoms with E-state index in [-0.39, 0.29) is 23.1 Å². The molecule has 2 aromatic heterocycles. The van der Waals surface area contributed by atoms with Crippen LogP contribution in [0.5, 0.6) is 11.5 Å². The maximum atomic E-state index is 13.0. The van der Waals surface area contributed by atoms with E-state index in [1.54, 1.807) is 42.7 Å². The van der Waals surface area contributed by atoms with Crippen molar-refractivity contribution in [3.8, 4) is 11.5 Å². The number of nitrogens with one attached hydrogen (secondary N) is 2. The molecule has 8 nitrogen and oxygen atoms in total. The van der Waals surface area contributed by atoms with Crippen LogP contribution < -0.4 is 20.9 Å². The van der Waals surface area contributed by atoms with E-state index < -0.39 is 17.3 Å². The molecule has 11 heteroatoms. The van der Waals surface area contributed by atoms with Gasteiger partial charge in [-0.15, -0.1) is 0 Å². The van der Waals surface area contributed by atoms with Crippen LogP contribution in [-0.4, -0.2) is 20.7 Å². The number of pyridine rings is 1. The molecule has 0 radical (unpaired) electrons. The fourth-order valence-electron chi connectivity index (χ4n) is 3.21. The summed E-state index contributed by atoms with van der Waals surface area (Å²) in [5.41, 5.74) is 0.231. The Morgan fingerprint density at radius 1 is 1.06 bits per heavy atom. The second kappa shape index (κ2) is 10.3. The van der Waals surface area contributed by atoms with E-state index in [0.717, 1.165) is 22.4 Å². The average Bonchev–Trinajstić information content (AvgIpc) is 2.87. The smallest absolute Gasteiger partial charge is 0.416 e. The maximum absolute atomic E-state index is 13.0.